The van der Waals surface area contributed by atoms with Gasteiger partial charge in [0.1, 0.15) is 11.6 Å². The molecule has 1 atom stereocenters. The van der Waals surface area contributed by atoms with Crippen molar-refractivity contribution < 1.29 is 35.5 Å². The largest absolute Gasteiger partial charge is 0.416 e. The van der Waals surface area contributed by atoms with E-state index in [0.29, 0.717) is 11.6 Å². The fourth-order valence-corrected chi connectivity index (χ4v) is 4.59. The lowest BCUT2D eigenvalue weighted by Gasteiger charge is -2.37. The highest BCUT2D eigenvalue weighted by Gasteiger charge is 2.40. The van der Waals surface area contributed by atoms with Crippen molar-refractivity contribution >= 4 is 5.91 Å². The highest BCUT2D eigenvalue weighted by Crippen LogP contribution is 2.40. The monoisotopic (exact) mass is 559 g/mol. The number of rotatable bonds is 8. The van der Waals surface area contributed by atoms with Gasteiger partial charge in [-0.2, -0.15) is 13.2 Å². The Labute approximate surface area is 226 Å². The molecule has 0 radical (unpaired) electrons. The van der Waals surface area contributed by atoms with Crippen LogP contribution in [0.3, 0.4) is 0 Å². The Kier molecular flexibility index (Phi) is 8.05. The van der Waals surface area contributed by atoms with Crippen molar-refractivity contribution in [2.24, 2.45) is 0 Å². The van der Waals surface area contributed by atoms with Crippen LogP contribution in [0.15, 0.2) is 97.1 Å². The molecule has 0 saturated carbocycles. The first kappa shape index (κ1) is 28.9. The molecule has 0 aliphatic rings. The van der Waals surface area contributed by atoms with E-state index >= 15 is 0 Å². The van der Waals surface area contributed by atoms with Gasteiger partial charge in [-0.15, -0.1) is 0 Å². The van der Waals surface area contributed by atoms with Crippen molar-refractivity contribution in [1.82, 2.24) is 5.32 Å². The molecular weight excluding hydrogens is 535 g/mol. The molecule has 1 amide bonds. The predicted octanol–water partition coefficient (Wildman–Crippen LogP) is 8.40. The molecule has 0 spiro atoms. The molecule has 2 nitrogen and oxygen atoms in total. The molecule has 208 valence electrons. The van der Waals surface area contributed by atoms with Crippen LogP contribution in [0.4, 0.5) is 30.7 Å². The minimum Gasteiger partial charge on any atom is -0.338 e. The zero-order valence-electron chi connectivity index (χ0n) is 21.2. The van der Waals surface area contributed by atoms with E-state index < -0.39 is 58.3 Å². The molecule has 4 aromatic carbocycles. The number of carbonyl (C=O) groups is 1. The molecule has 0 bridgehead atoms. The molecule has 9 heteroatoms. The summed E-state index contributed by atoms with van der Waals surface area (Å²) in [7, 11) is 0. The summed E-state index contributed by atoms with van der Waals surface area (Å²) in [5.74, 6) is -6.36. The first-order valence-corrected chi connectivity index (χ1v) is 12.3. The first-order chi connectivity index (χ1) is 18.8. The number of halogens is 7. The van der Waals surface area contributed by atoms with Crippen LogP contribution >= 0.6 is 0 Å². The summed E-state index contributed by atoms with van der Waals surface area (Å²) in [5.41, 5.74) is -3.16. The minimum atomic E-state index is -4.75. The normalized spacial score (nSPS) is 13.5. The van der Waals surface area contributed by atoms with Crippen LogP contribution in [0.25, 0.3) is 0 Å². The standard InChI is InChI=1S/C31H24F7NO/c1-2-30(34,35)24-12-6-10-22(16-24)29(19-20-8-4-3-5-9-20,23-11-7-13-25(17-23)31(36,37)38)39-28(40)21-14-26(32)18-27(33)15-21/h3-18H,2,19H2,1H3,(H,39,40). The van der Waals surface area contributed by atoms with Crippen molar-refractivity contribution in [3.63, 3.8) is 0 Å². The zero-order chi connectivity index (χ0) is 29.1. The van der Waals surface area contributed by atoms with Crippen molar-refractivity contribution in [3.8, 4) is 0 Å². The Morgan fingerprint density at radius 2 is 1.20 bits per heavy atom. The van der Waals surface area contributed by atoms with E-state index in [1.807, 2.05) is 0 Å². The van der Waals surface area contributed by atoms with E-state index in [0.717, 1.165) is 36.4 Å². The fourth-order valence-electron chi connectivity index (χ4n) is 4.59. The van der Waals surface area contributed by atoms with Crippen LogP contribution in [0.1, 0.15) is 51.5 Å². The first-order valence-electron chi connectivity index (χ1n) is 12.3. The number of alkyl halides is 5. The van der Waals surface area contributed by atoms with Crippen LogP contribution in [0.2, 0.25) is 0 Å². The number of hydrogen-bond donors (Lipinski definition) is 1. The minimum absolute atomic E-state index is 0.0616. The van der Waals surface area contributed by atoms with E-state index in [2.05, 4.69) is 5.32 Å². The molecular formula is C31H24F7NO. The summed E-state index contributed by atoms with van der Waals surface area (Å²) < 4.78 is 99.0. The summed E-state index contributed by atoms with van der Waals surface area (Å²) in [4.78, 5) is 13.5. The van der Waals surface area contributed by atoms with Crippen LogP contribution in [-0.4, -0.2) is 5.91 Å². The Morgan fingerprint density at radius 1 is 0.675 bits per heavy atom. The molecule has 4 aromatic rings. The predicted molar refractivity (Wildman–Crippen MR) is 137 cm³/mol. The number of amides is 1. The highest BCUT2D eigenvalue weighted by molar-refractivity contribution is 5.95. The maximum atomic E-state index is 14.8. The number of hydrogen-bond acceptors (Lipinski definition) is 1. The average molecular weight is 560 g/mol. The maximum Gasteiger partial charge on any atom is 0.416 e. The zero-order valence-corrected chi connectivity index (χ0v) is 21.2. The van der Waals surface area contributed by atoms with Crippen LogP contribution in [0.5, 0.6) is 0 Å². The highest BCUT2D eigenvalue weighted by atomic mass is 19.4. The van der Waals surface area contributed by atoms with Crippen LogP contribution in [-0.2, 0) is 24.1 Å². The third kappa shape index (κ3) is 6.19. The van der Waals surface area contributed by atoms with Gasteiger partial charge in [0.25, 0.3) is 11.8 Å². The van der Waals surface area contributed by atoms with Gasteiger partial charge in [0.05, 0.1) is 11.1 Å². The maximum absolute atomic E-state index is 14.8. The van der Waals surface area contributed by atoms with Crippen LogP contribution < -0.4 is 5.32 Å². The van der Waals surface area contributed by atoms with E-state index in [1.165, 1.54) is 31.2 Å². The lowest BCUT2D eigenvalue weighted by atomic mass is 9.76. The summed E-state index contributed by atoms with van der Waals surface area (Å²) in [6.07, 6.45) is -5.46. The third-order valence-electron chi connectivity index (χ3n) is 6.67. The molecule has 0 heterocycles. The molecule has 0 aliphatic carbocycles. The summed E-state index contributed by atoms with van der Waals surface area (Å²) in [5, 5.41) is 2.67. The van der Waals surface area contributed by atoms with E-state index in [-0.39, 0.29) is 17.5 Å². The van der Waals surface area contributed by atoms with Crippen molar-refractivity contribution in [2.45, 2.75) is 37.4 Å². The van der Waals surface area contributed by atoms with E-state index in [9.17, 15) is 35.5 Å². The summed E-state index contributed by atoms with van der Waals surface area (Å²) in [6, 6.07) is 19.8. The van der Waals surface area contributed by atoms with Crippen LogP contribution in [0, 0.1) is 11.6 Å². The SMILES string of the molecule is CCC(F)(F)c1cccc(C(Cc2ccccc2)(NC(=O)c2cc(F)cc(F)c2)c2cccc(C(F)(F)F)c2)c1. The van der Waals surface area contributed by atoms with Crippen molar-refractivity contribution in [1.29, 1.82) is 0 Å². The van der Waals surface area contributed by atoms with Gasteiger partial charge in [-0.05, 0) is 47.0 Å². The van der Waals surface area contributed by atoms with Gasteiger partial charge >= 0.3 is 6.18 Å². The Balaban J connectivity index is 2.01. The summed E-state index contributed by atoms with van der Waals surface area (Å²) >= 11 is 0. The number of carbonyl (C=O) groups excluding carboxylic acids is 1. The fraction of sp³-hybridized carbons (Fsp3) is 0.194. The number of benzene rings is 4. The third-order valence-corrected chi connectivity index (χ3v) is 6.67. The molecule has 0 aromatic heterocycles. The van der Waals surface area contributed by atoms with Gasteiger partial charge in [0.15, 0.2) is 0 Å². The quantitative estimate of drug-likeness (QED) is 0.216. The second kappa shape index (κ2) is 11.2. The van der Waals surface area contributed by atoms with Gasteiger partial charge in [0.2, 0.25) is 0 Å². The molecule has 40 heavy (non-hydrogen) atoms. The smallest absolute Gasteiger partial charge is 0.338 e. The molecule has 0 saturated heterocycles. The molecule has 0 aliphatic heterocycles. The van der Waals surface area contributed by atoms with E-state index in [1.54, 1.807) is 30.3 Å². The Morgan fingerprint density at radius 3 is 1.75 bits per heavy atom. The van der Waals surface area contributed by atoms with E-state index in [4.69, 9.17) is 0 Å². The Bertz CT molecular complexity index is 1480. The second-order valence-electron chi connectivity index (χ2n) is 9.40. The Hall–Kier alpha value is -4.14. The van der Waals surface area contributed by atoms with Gasteiger partial charge in [-0.25, -0.2) is 17.6 Å². The lowest BCUT2D eigenvalue weighted by molar-refractivity contribution is -0.137. The second-order valence-corrected chi connectivity index (χ2v) is 9.40. The van der Waals surface area contributed by atoms with Gasteiger partial charge in [-0.1, -0.05) is 67.6 Å². The lowest BCUT2D eigenvalue weighted by Crippen LogP contribution is -2.49. The number of nitrogens with one attached hydrogen (secondary N) is 1. The summed E-state index contributed by atoms with van der Waals surface area (Å²) in [6.45, 7) is 1.29. The average Bonchev–Trinajstić information content (AvgIpc) is 2.92. The van der Waals surface area contributed by atoms with Gasteiger partial charge in [-0.3, -0.25) is 4.79 Å². The van der Waals surface area contributed by atoms with Gasteiger partial charge < -0.3 is 5.32 Å². The topological polar surface area (TPSA) is 29.1 Å². The molecule has 0 fully saturated rings. The van der Waals surface area contributed by atoms with Gasteiger partial charge in [0, 0.05) is 30.0 Å². The molecule has 4 rings (SSSR count). The van der Waals surface area contributed by atoms with Crippen molar-refractivity contribution in [3.05, 3.63) is 142 Å². The van der Waals surface area contributed by atoms with Crippen molar-refractivity contribution in [2.75, 3.05) is 0 Å². The molecule has 1 N–H and O–H groups in total. The molecule has 1 unspecified atom stereocenters.